The standard InChI is InChI=1S/C14H16Cl2O3/c1-18-14(17)13(12-4-2-3-7-19-12)9-5-6-10(15)11(16)8-9/h5-6,8,12-13H,2-4,7H2,1H3. The second-order valence-corrected chi connectivity index (χ2v) is 5.39. The van der Waals surface area contributed by atoms with Gasteiger partial charge < -0.3 is 9.47 Å². The predicted molar refractivity (Wildman–Crippen MR) is 74.8 cm³/mol. The Morgan fingerprint density at radius 2 is 2.16 bits per heavy atom. The minimum atomic E-state index is -0.444. The van der Waals surface area contributed by atoms with Crippen LogP contribution in [0.3, 0.4) is 0 Å². The van der Waals surface area contributed by atoms with Crippen LogP contribution in [-0.2, 0) is 14.3 Å². The first-order valence-electron chi connectivity index (χ1n) is 6.28. The van der Waals surface area contributed by atoms with Gasteiger partial charge in [-0.2, -0.15) is 0 Å². The Morgan fingerprint density at radius 3 is 2.74 bits per heavy atom. The van der Waals surface area contributed by atoms with E-state index in [1.54, 1.807) is 18.2 Å². The van der Waals surface area contributed by atoms with Gasteiger partial charge in [-0.15, -0.1) is 0 Å². The first-order valence-corrected chi connectivity index (χ1v) is 7.03. The van der Waals surface area contributed by atoms with Gasteiger partial charge in [-0.3, -0.25) is 4.79 Å². The van der Waals surface area contributed by atoms with Gasteiger partial charge in [0.15, 0.2) is 0 Å². The SMILES string of the molecule is COC(=O)C(c1ccc(Cl)c(Cl)c1)C1CCCCO1. The fraction of sp³-hybridized carbons (Fsp3) is 0.500. The largest absolute Gasteiger partial charge is 0.468 e. The van der Waals surface area contributed by atoms with E-state index in [4.69, 9.17) is 32.7 Å². The van der Waals surface area contributed by atoms with Crippen LogP contribution in [0.2, 0.25) is 10.0 Å². The van der Waals surface area contributed by atoms with Gasteiger partial charge in [0.2, 0.25) is 0 Å². The molecule has 1 aliphatic heterocycles. The van der Waals surface area contributed by atoms with Crippen molar-refractivity contribution in [2.24, 2.45) is 0 Å². The lowest BCUT2D eigenvalue weighted by Gasteiger charge is -2.29. The van der Waals surface area contributed by atoms with Crippen LogP contribution >= 0.6 is 23.2 Å². The van der Waals surface area contributed by atoms with Gasteiger partial charge in [-0.1, -0.05) is 29.3 Å². The van der Waals surface area contributed by atoms with E-state index >= 15 is 0 Å². The van der Waals surface area contributed by atoms with Gasteiger partial charge in [0.25, 0.3) is 0 Å². The number of carbonyl (C=O) groups excluding carboxylic acids is 1. The summed E-state index contributed by atoms with van der Waals surface area (Å²) in [4.78, 5) is 12.0. The van der Waals surface area contributed by atoms with Gasteiger partial charge in [0.05, 0.1) is 23.3 Å². The van der Waals surface area contributed by atoms with E-state index in [1.807, 2.05) is 0 Å². The second-order valence-electron chi connectivity index (χ2n) is 4.58. The Hall–Kier alpha value is -0.770. The Labute approximate surface area is 122 Å². The first kappa shape index (κ1) is 14.6. The van der Waals surface area contributed by atoms with Crippen LogP contribution in [0.15, 0.2) is 18.2 Å². The monoisotopic (exact) mass is 302 g/mol. The number of methoxy groups -OCH3 is 1. The molecule has 0 bridgehead atoms. The lowest BCUT2D eigenvalue weighted by Crippen LogP contribution is -2.32. The summed E-state index contributed by atoms with van der Waals surface area (Å²) in [5.74, 6) is -0.745. The number of hydrogen-bond donors (Lipinski definition) is 0. The number of halogens is 2. The molecule has 1 fully saturated rings. The van der Waals surface area contributed by atoms with Crippen LogP contribution in [0.4, 0.5) is 0 Å². The fourth-order valence-corrected chi connectivity index (χ4v) is 2.67. The summed E-state index contributed by atoms with van der Waals surface area (Å²) in [6.45, 7) is 0.680. The molecule has 0 spiro atoms. The lowest BCUT2D eigenvalue weighted by atomic mass is 9.89. The van der Waals surface area contributed by atoms with Crippen molar-refractivity contribution in [3.63, 3.8) is 0 Å². The summed E-state index contributed by atoms with van der Waals surface area (Å²) in [7, 11) is 1.38. The quantitative estimate of drug-likeness (QED) is 0.796. The van der Waals surface area contributed by atoms with Crippen LogP contribution in [0, 0.1) is 0 Å². The predicted octanol–water partition coefficient (Wildman–Crippen LogP) is 3.82. The molecule has 0 aliphatic carbocycles. The maximum absolute atomic E-state index is 12.0. The van der Waals surface area contributed by atoms with Crippen LogP contribution in [0.25, 0.3) is 0 Å². The van der Waals surface area contributed by atoms with Crippen molar-refractivity contribution >= 4 is 29.2 Å². The van der Waals surface area contributed by atoms with Crippen molar-refractivity contribution in [2.45, 2.75) is 31.3 Å². The molecule has 2 rings (SSSR count). The van der Waals surface area contributed by atoms with E-state index < -0.39 is 5.92 Å². The van der Waals surface area contributed by atoms with E-state index in [9.17, 15) is 4.79 Å². The Morgan fingerprint density at radius 1 is 1.37 bits per heavy atom. The zero-order valence-electron chi connectivity index (χ0n) is 10.7. The number of carbonyl (C=O) groups is 1. The van der Waals surface area contributed by atoms with Crippen molar-refractivity contribution in [3.8, 4) is 0 Å². The highest BCUT2D eigenvalue weighted by Gasteiger charge is 2.33. The van der Waals surface area contributed by atoms with Crippen molar-refractivity contribution in [1.29, 1.82) is 0 Å². The van der Waals surface area contributed by atoms with Crippen LogP contribution in [0.1, 0.15) is 30.7 Å². The molecule has 1 saturated heterocycles. The Balaban J connectivity index is 2.30. The third-order valence-electron chi connectivity index (χ3n) is 3.34. The highest BCUT2D eigenvalue weighted by atomic mass is 35.5. The summed E-state index contributed by atoms with van der Waals surface area (Å²) in [6, 6.07) is 5.20. The van der Waals surface area contributed by atoms with Crippen LogP contribution in [-0.4, -0.2) is 25.8 Å². The molecule has 0 radical (unpaired) electrons. The second kappa shape index (κ2) is 6.60. The van der Waals surface area contributed by atoms with Crippen LogP contribution < -0.4 is 0 Å². The molecule has 1 aliphatic rings. The van der Waals surface area contributed by atoms with E-state index in [2.05, 4.69) is 0 Å². The fourth-order valence-electron chi connectivity index (χ4n) is 2.36. The van der Waals surface area contributed by atoms with Crippen molar-refractivity contribution < 1.29 is 14.3 Å². The average molecular weight is 303 g/mol. The number of benzene rings is 1. The van der Waals surface area contributed by atoms with Gasteiger partial charge in [0.1, 0.15) is 5.92 Å². The molecule has 0 aromatic heterocycles. The molecule has 3 nitrogen and oxygen atoms in total. The molecular formula is C14H16Cl2O3. The summed E-state index contributed by atoms with van der Waals surface area (Å²) in [5.41, 5.74) is 0.785. The minimum absolute atomic E-state index is 0.154. The third-order valence-corrected chi connectivity index (χ3v) is 4.08. The average Bonchev–Trinajstić information content (AvgIpc) is 2.44. The molecule has 0 N–H and O–H groups in total. The molecule has 1 aromatic rings. The van der Waals surface area contributed by atoms with Crippen molar-refractivity contribution in [3.05, 3.63) is 33.8 Å². The van der Waals surface area contributed by atoms with E-state index in [1.165, 1.54) is 7.11 Å². The Kier molecular flexibility index (Phi) is 5.08. The molecule has 2 unspecified atom stereocenters. The summed E-state index contributed by atoms with van der Waals surface area (Å²) in [6.07, 6.45) is 2.78. The molecule has 0 saturated carbocycles. The van der Waals surface area contributed by atoms with Crippen molar-refractivity contribution in [2.75, 3.05) is 13.7 Å². The number of hydrogen-bond acceptors (Lipinski definition) is 3. The Bertz CT molecular complexity index is 456. The molecule has 5 heteroatoms. The van der Waals surface area contributed by atoms with Gasteiger partial charge in [-0.05, 0) is 37.0 Å². The highest BCUT2D eigenvalue weighted by molar-refractivity contribution is 6.42. The molecular weight excluding hydrogens is 287 g/mol. The number of ether oxygens (including phenoxy) is 2. The third kappa shape index (κ3) is 3.41. The lowest BCUT2D eigenvalue weighted by molar-refractivity contribution is -0.147. The zero-order valence-corrected chi connectivity index (χ0v) is 12.2. The maximum Gasteiger partial charge on any atom is 0.315 e. The molecule has 104 valence electrons. The first-order chi connectivity index (χ1) is 9.13. The van der Waals surface area contributed by atoms with Gasteiger partial charge >= 0.3 is 5.97 Å². The number of rotatable bonds is 3. The van der Waals surface area contributed by atoms with E-state index in [0.29, 0.717) is 16.7 Å². The summed E-state index contributed by atoms with van der Waals surface area (Å²) in [5, 5.41) is 0.905. The van der Waals surface area contributed by atoms with Gasteiger partial charge in [0, 0.05) is 6.61 Å². The molecule has 0 amide bonds. The molecule has 19 heavy (non-hydrogen) atoms. The maximum atomic E-state index is 12.0. The normalized spacial score (nSPS) is 20.9. The highest BCUT2D eigenvalue weighted by Crippen LogP contribution is 2.33. The van der Waals surface area contributed by atoms with Crippen LogP contribution in [0.5, 0.6) is 0 Å². The number of esters is 1. The molecule has 2 atom stereocenters. The van der Waals surface area contributed by atoms with E-state index in [0.717, 1.165) is 24.8 Å². The molecule has 1 heterocycles. The topological polar surface area (TPSA) is 35.5 Å². The zero-order chi connectivity index (χ0) is 13.8. The molecule has 1 aromatic carbocycles. The van der Waals surface area contributed by atoms with E-state index in [-0.39, 0.29) is 12.1 Å². The summed E-state index contributed by atoms with van der Waals surface area (Å²) < 4.78 is 10.6. The summed E-state index contributed by atoms with van der Waals surface area (Å²) >= 11 is 11.9. The van der Waals surface area contributed by atoms with Gasteiger partial charge in [-0.25, -0.2) is 0 Å². The smallest absolute Gasteiger partial charge is 0.315 e. The van der Waals surface area contributed by atoms with Crippen molar-refractivity contribution in [1.82, 2.24) is 0 Å². The minimum Gasteiger partial charge on any atom is -0.468 e.